The van der Waals surface area contributed by atoms with E-state index in [1.165, 1.54) is 13.0 Å². The van der Waals surface area contributed by atoms with E-state index in [2.05, 4.69) is 21.7 Å². The second-order valence-electron chi connectivity index (χ2n) is 4.10. The molecule has 0 amide bonds. The molecule has 1 aromatic heterocycles. The topological polar surface area (TPSA) is 39.6 Å². The van der Waals surface area contributed by atoms with Gasteiger partial charge in [0.25, 0.3) is 0 Å². The van der Waals surface area contributed by atoms with Crippen molar-refractivity contribution in [2.75, 3.05) is 37.6 Å². The largest absolute Gasteiger partial charge is 0.391 e. The zero-order valence-electron chi connectivity index (χ0n) is 9.72. The van der Waals surface area contributed by atoms with Crippen LogP contribution < -0.4 is 4.90 Å². The summed E-state index contributed by atoms with van der Waals surface area (Å²) in [7, 11) is 0. The van der Waals surface area contributed by atoms with Gasteiger partial charge in [-0.15, -0.1) is 0 Å². The zero-order valence-corrected chi connectivity index (χ0v) is 10.5. The van der Waals surface area contributed by atoms with Gasteiger partial charge in [0.1, 0.15) is 0 Å². The molecule has 1 saturated heterocycles. The zero-order chi connectivity index (χ0) is 11.4. The molecule has 0 saturated carbocycles. The second-order valence-corrected chi connectivity index (χ2v) is 5.19. The molecule has 2 rings (SSSR count). The number of piperazine rings is 1. The van der Waals surface area contributed by atoms with Crippen molar-refractivity contribution < 1.29 is 5.11 Å². The lowest BCUT2D eigenvalue weighted by atomic mass is 10.3. The van der Waals surface area contributed by atoms with Gasteiger partial charge >= 0.3 is 0 Å². The SMILES string of the molecule is CCCN1CCN(c2ncc(CO)s2)CC1. The third kappa shape index (κ3) is 2.72. The number of anilines is 1. The van der Waals surface area contributed by atoms with Crippen LogP contribution in [-0.2, 0) is 6.61 Å². The van der Waals surface area contributed by atoms with Gasteiger partial charge in [0.15, 0.2) is 5.13 Å². The smallest absolute Gasteiger partial charge is 0.185 e. The van der Waals surface area contributed by atoms with Crippen molar-refractivity contribution >= 4 is 16.5 Å². The molecule has 0 aromatic carbocycles. The van der Waals surface area contributed by atoms with Crippen LogP contribution in [0.3, 0.4) is 0 Å². The highest BCUT2D eigenvalue weighted by Gasteiger charge is 2.18. The first-order valence-electron chi connectivity index (χ1n) is 5.86. The van der Waals surface area contributed by atoms with Gasteiger partial charge in [0.05, 0.1) is 11.5 Å². The Bertz CT molecular complexity index is 321. The fraction of sp³-hybridized carbons (Fsp3) is 0.727. The van der Waals surface area contributed by atoms with Crippen molar-refractivity contribution in [3.05, 3.63) is 11.1 Å². The third-order valence-electron chi connectivity index (χ3n) is 2.88. The van der Waals surface area contributed by atoms with E-state index in [1.54, 1.807) is 17.5 Å². The average Bonchev–Trinajstić information content (AvgIpc) is 2.79. The molecule has 0 aliphatic carbocycles. The number of hydrogen-bond donors (Lipinski definition) is 1. The molecule has 0 atom stereocenters. The second kappa shape index (κ2) is 5.61. The van der Waals surface area contributed by atoms with Gasteiger partial charge in [-0.1, -0.05) is 18.3 Å². The predicted molar refractivity (Wildman–Crippen MR) is 67.0 cm³/mol. The molecule has 0 bridgehead atoms. The van der Waals surface area contributed by atoms with Crippen LogP contribution in [0.1, 0.15) is 18.2 Å². The molecule has 1 aromatic rings. The lowest BCUT2D eigenvalue weighted by Gasteiger charge is -2.34. The van der Waals surface area contributed by atoms with E-state index < -0.39 is 0 Å². The molecular weight excluding hydrogens is 222 g/mol. The van der Waals surface area contributed by atoms with Crippen LogP contribution >= 0.6 is 11.3 Å². The molecule has 0 unspecified atom stereocenters. The Balaban J connectivity index is 1.88. The Morgan fingerprint density at radius 1 is 1.38 bits per heavy atom. The molecule has 1 aliphatic heterocycles. The summed E-state index contributed by atoms with van der Waals surface area (Å²) in [6, 6.07) is 0. The molecular formula is C11H19N3OS. The highest BCUT2D eigenvalue weighted by Crippen LogP contribution is 2.23. The number of thiazole rings is 1. The van der Waals surface area contributed by atoms with E-state index in [1.807, 2.05) is 0 Å². The third-order valence-corrected chi connectivity index (χ3v) is 3.92. The summed E-state index contributed by atoms with van der Waals surface area (Å²) in [5, 5.41) is 10.1. The minimum atomic E-state index is 0.105. The van der Waals surface area contributed by atoms with Crippen molar-refractivity contribution in [2.24, 2.45) is 0 Å². The number of hydrogen-bond acceptors (Lipinski definition) is 5. The van der Waals surface area contributed by atoms with Gasteiger partial charge in [0.2, 0.25) is 0 Å². The van der Waals surface area contributed by atoms with Gasteiger partial charge in [-0.05, 0) is 13.0 Å². The number of aliphatic hydroxyl groups excluding tert-OH is 1. The van der Waals surface area contributed by atoms with Crippen molar-refractivity contribution in [1.82, 2.24) is 9.88 Å². The number of nitrogens with zero attached hydrogens (tertiary/aromatic N) is 3. The maximum atomic E-state index is 9.00. The van der Waals surface area contributed by atoms with Crippen LogP contribution in [0.25, 0.3) is 0 Å². The monoisotopic (exact) mass is 241 g/mol. The standard InChI is InChI=1S/C11H19N3OS/c1-2-3-13-4-6-14(7-5-13)11-12-8-10(9-15)16-11/h8,15H,2-7,9H2,1H3. The van der Waals surface area contributed by atoms with Crippen LogP contribution in [0.4, 0.5) is 5.13 Å². The summed E-state index contributed by atoms with van der Waals surface area (Å²) in [5.74, 6) is 0. The summed E-state index contributed by atoms with van der Waals surface area (Å²) >= 11 is 1.60. The molecule has 1 fully saturated rings. The van der Waals surface area contributed by atoms with Crippen molar-refractivity contribution in [3.63, 3.8) is 0 Å². The number of aliphatic hydroxyl groups is 1. The van der Waals surface area contributed by atoms with Gasteiger partial charge in [-0.25, -0.2) is 4.98 Å². The number of rotatable bonds is 4. The Morgan fingerprint density at radius 3 is 2.69 bits per heavy atom. The maximum absolute atomic E-state index is 9.00. The molecule has 0 spiro atoms. The molecule has 5 heteroatoms. The lowest BCUT2D eigenvalue weighted by molar-refractivity contribution is 0.258. The van der Waals surface area contributed by atoms with E-state index >= 15 is 0 Å². The van der Waals surface area contributed by atoms with E-state index in [-0.39, 0.29) is 6.61 Å². The maximum Gasteiger partial charge on any atom is 0.185 e. The summed E-state index contributed by atoms with van der Waals surface area (Å²) in [6.07, 6.45) is 3.00. The summed E-state index contributed by atoms with van der Waals surface area (Å²) in [4.78, 5) is 10.1. The molecule has 1 N–H and O–H groups in total. The van der Waals surface area contributed by atoms with Crippen molar-refractivity contribution in [2.45, 2.75) is 20.0 Å². The molecule has 1 aliphatic rings. The normalized spacial score (nSPS) is 18.0. The van der Waals surface area contributed by atoms with E-state index in [0.717, 1.165) is 36.2 Å². The minimum absolute atomic E-state index is 0.105. The Labute approximate surface area is 101 Å². The Morgan fingerprint density at radius 2 is 2.12 bits per heavy atom. The molecule has 4 nitrogen and oxygen atoms in total. The average molecular weight is 241 g/mol. The molecule has 16 heavy (non-hydrogen) atoms. The fourth-order valence-corrected chi connectivity index (χ4v) is 2.82. The Kier molecular flexibility index (Phi) is 4.15. The van der Waals surface area contributed by atoms with Crippen molar-refractivity contribution in [1.29, 1.82) is 0 Å². The van der Waals surface area contributed by atoms with Crippen LogP contribution in [-0.4, -0.2) is 47.7 Å². The molecule has 0 radical (unpaired) electrons. The molecule has 2 heterocycles. The van der Waals surface area contributed by atoms with Crippen LogP contribution in [0.15, 0.2) is 6.20 Å². The van der Waals surface area contributed by atoms with Gasteiger partial charge < -0.3 is 10.0 Å². The fourth-order valence-electron chi connectivity index (χ4n) is 2.00. The first-order valence-corrected chi connectivity index (χ1v) is 6.68. The summed E-state index contributed by atoms with van der Waals surface area (Å²) < 4.78 is 0. The van der Waals surface area contributed by atoms with Crippen LogP contribution in [0.2, 0.25) is 0 Å². The van der Waals surface area contributed by atoms with E-state index in [0.29, 0.717) is 0 Å². The quantitative estimate of drug-likeness (QED) is 0.859. The number of aromatic nitrogens is 1. The highest BCUT2D eigenvalue weighted by atomic mass is 32.1. The van der Waals surface area contributed by atoms with Gasteiger partial charge in [-0.3, -0.25) is 4.90 Å². The van der Waals surface area contributed by atoms with Crippen LogP contribution in [0, 0.1) is 0 Å². The van der Waals surface area contributed by atoms with Crippen LogP contribution in [0.5, 0.6) is 0 Å². The summed E-state index contributed by atoms with van der Waals surface area (Å²) in [6.45, 7) is 7.89. The van der Waals surface area contributed by atoms with Crippen molar-refractivity contribution in [3.8, 4) is 0 Å². The minimum Gasteiger partial charge on any atom is -0.391 e. The molecule has 90 valence electrons. The highest BCUT2D eigenvalue weighted by molar-refractivity contribution is 7.15. The lowest BCUT2D eigenvalue weighted by Crippen LogP contribution is -2.46. The predicted octanol–water partition coefficient (Wildman–Crippen LogP) is 1.17. The van der Waals surface area contributed by atoms with Gasteiger partial charge in [0, 0.05) is 32.4 Å². The van der Waals surface area contributed by atoms with E-state index in [4.69, 9.17) is 5.11 Å². The van der Waals surface area contributed by atoms with Gasteiger partial charge in [-0.2, -0.15) is 0 Å². The first-order chi connectivity index (χ1) is 7.83. The van der Waals surface area contributed by atoms with E-state index in [9.17, 15) is 0 Å². The Hall–Kier alpha value is -0.650. The first kappa shape index (κ1) is 11.8. The summed E-state index contributed by atoms with van der Waals surface area (Å²) in [5.41, 5.74) is 0.